The molecule has 0 aromatic carbocycles. The molecule has 2 aromatic heterocycles. The lowest BCUT2D eigenvalue weighted by molar-refractivity contribution is -0.118. The summed E-state index contributed by atoms with van der Waals surface area (Å²) in [5.74, 6) is -0.711. The highest BCUT2D eigenvalue weighted by molar-refractivity contribution is 5.91. The van der Waals surface area contributed by atoms with Crippen LogP contribution in [-0.4, -0.2) is 65.7 Å². The van der Waals surface area contributed by atoms with Crippen molar-refractivity contribution in [1.29, 1.82) is 0 Å². The summed E-state index contributed by atoms with van der Waals surface area (Å²) < 4.78 is 6.70. The van der Waals surface area contributed by atoms with Gasteiger partial charge in [0.15, 0.2) is 17.4 Å². The van der Waals surface area contributed by atoms with Gasteiger partial charge in [-0.1, -0.05) is 13.8 Å². The zero-order chi connectivity index (χ0) is 18.3. The summed E-state index contributed by atoms with van der Waals surface area (Å²) >= 11 is 0. The number of imidazole rings is 1. The van der Waals surface area contributed by atoms with Crippen molar-refractivity contribution in [1.82, 2.24) is 19.5 Å². The summed E-state index contributed by atoms with van der Waals surface area (Å²) in [7, 11) is 0. The van der Waals surface area contributed by atoms with E-state index in [0.29, 0.717) is 0 Å². The molecule has 136 valence electrons. The number of aromatic amines is 1. The fourth-order valence-corrected chi connectivity index (χ4v) is 2.54. The molecule has 1 amide bonds. The SMILES string of the molecule is CC(C)C(=O)Nc1nc2c(ncn2[C@@H]2O[C@H](CO)[C@H](O)C2O)c(=O)[nH]1. The molecule has 0 saturated carbocycles. The van der Waals surface area contributed by atoms with Crippen LogP contribution in [0.5, 0.6) is 0 Å². The Balaban J connectivity index is 2.01. The number of hydrogen-bond acceptors (Lipinski definition) is 8. The Morgan fingerprint density at radius 2 is 2.16 bits per heavy atom. The standard InChI is InChI=1S/C14H19N5O6/c1-5(2)11(23)17-14-16-10-7(12(24)18-14)15-4-19(10)13-9(22)8(21)6(3-20)25-13/h4-6,8-9,13,20-22H,3H2,1-2H3,(H2,16,17,18,23,24)/t6-,8+,9?,13-/m1/s1. The number of nitrogens with zero attached hydrogens (tertiary/aromatic N) is 3. The maximum absolute atomic E-state index is 12.1. The number of ether oxygens (including phenoxy) is 1. The van der Waals surface area contributed by atoms with Crippen molar-refractivity contribution in [3.05, 3.63) is 16.7 Å². The molecular formula is C14H19N5O6. The highest BCUT2D eigenvalue weighted by Gasteiger charge is 2.44. The zero-order valence-corrected chi connectivity index (χ0v) is 13.6. The van der Waals surface area contributed by atoms with Crippen molar-refractivity contribution < 1.29 is 24.9 Å². The number of H-pyrrole nitrogens is 1. The molecule has 1 saturated heterocycles. The molecule has 0 radical (unpaired) electrons. The molecule has 5 N–H and O–H groups in total. The van der Waals surface area contributed by atoms with Gasteiger partial charge in [-0.15, -0.1) is 0 Å². The van der Waals surface area contributed by atoms with Crippen LogP contribution in [0.2, 0.25) is 0 Å². The number of aliphatic hydroxyl groups excluding tert-OH is 3. The average molecular weight is 353 g/mol. The molecule has 0 aliphatic carbocycles. The van der Waals surface area contributed by atoms with Gasteiger partial charge in [0.2, 0.25) is 11.9 Å². The number of carbonyl (C=O) groups is 1. The van der Waals surface area contributed by atoms with Crippen LogP contribution in [0.15, 0.2) is 11.1 Å². The van der Waals surface area contributed by atoms with E-state index >= 15 is 0 Å². The number of aliphatic hydroxyl groups is 3. The Labute approximate surface area is 141 Å². The van der Waals surface area contributed by atoms with Gasteiger partial charge in [-0.05, 0) is 0 Å². The second-order valence-electron chi connectivity index (χ2n) is 6.11. The Kier molecular flexibility index (Phi) is 4.56. The van der Waals surface area contributed by atoms with Crippen molar-refractivity contribution in [2.45, 2.75) is 38.4 Å². The molecule has 1 aliphatic rings. The second-order valence-corrected chi connectivity index (χ2v) is 6.11. The number of fused-ring (bicyclic) bond motifs is 1. The molecule has 3 rings (SSSR count). The van der Waals surface area contributed by atoms with Crippen LogP contribution in [0.3, 0.4) is 0 Å². The molecule has 11 heteroatoms. The molecule has 1 unspecified atom stereocenters. The molecular weight excluding hydrogens is 334 g/mol. The van der Waals surface area contributed by atoms with Crippen molar-refractivity contribution >= 4 is 23.0 Å². The van der Waals surface area contributed by atoms with Crippen molar-refractivity contribution in [3.8, 4) is 0 Å². The summed E-state index contributed by atoms with van der Waals surface area (Å²) in [5, 5.41) is 31.7. The lowest BCUT2D eigenvalue weighted by Crippen LogP contribution is -2.33. The molecule has 3 heterocycles. The van der Waals surface area contributed by atoms with Gasteiger partial charge in [-0.25, -0.2) is 4.98 Å². The van der Waals surface area contributed by atoms with Gasteiger partial charge in [0.05, 0.1) is 12.9 Å². The van der Waals surface area contributed by atoms with E-state index in [9.17, 15) is 24.9 Å². The fourth-order valence-electron chi connectivity index (χ4n) is 2.54. The first-order valence-corrected chi connectivity index (χ1v) is 7.73. The van der Waals surface area contributed by atoms with Crippen molar-refractivity contribution in [3.63, 3.8) is 0 Å². The number of hydrogen-bond donors (Lipinski definition) is 5. The number of anilines is 1. The minimum absolute atomic E-state index is 0.0136. The van der Waals surface area contributed by atoms with Gasteiger partial charge >= 0.3 is 0 Å². The second kappa shape index (κ2) is 6.52. The predicted molar refractivity (Wildman–Crippen MR) is 84.6 cm³/mol. The monoisotopic (exact) mass is 353 g/mol. The Hall–Kier alpha value is -2.34. The predicted octanol–water partition coefficient (Wildman–Crippen LogP) is -1.67. The molecule has 4 atom stereocenters. The van der Waals surface area contributed by atoms with Crippen LogP contribution in [0.25, 0.3) is 11.2 Å². The molecule has 1 fully saturated rings. The van der Waals surface area contributed by atoms with E-state index in [4.69, 9.17) is 4.74 Å². The number of amides is 1. The van der Waals surface area contributed by atoms with Gasteiger partial charge in [0, 0.05) is 5.92 Å². The Bertz CT molecular complexity index is 846. The zero-order valence-electron chi connectivity index (χ0n) is 13.6. The first kappa shape index (κ1) is 17.5. The van der Waals surface area contributed by atoms with E-state index in [1.807, 2.05) is 0 Å². The maximum atomic E-state index is 12.1. The first-order valence-electron chi connectivity index (χ1n) is 7.73. The first-order chi connectivity index (χ1) is 11.8. The van der Waals surface area contributed by atoms with E-state index in [0.717, 1.165) is 0 Å². The Morgan fingerprint density at radius 3 is 2.76 bits per heavy atom. The summed E-state index contributed by atoms with van der Waals surface area (Å²) in [5.41, 5.74) is -0.521. The molecule has 0 bridgehead atoms. The van der Waals surface area contributed by atoms with Crippen LogP contribution < -0.4 is 10.9 Å². The van der Waals surface area contributed by atoms with Gasteiger partial charge < -0.3 is 20.1 Å². The largest absolute Gasteiger partial charge is 0.394 e. The lowest BCUT2D eigenvalue weighted by atomic mass is 10.1. The van der Waals surface area contributed by atoms with Gasteiger partial charge in [0.25, 0.3) is 5.56 Å². The highest BCUT2D eigenvalue weighted by atomic mass is 16.6. The number of carbonyl (C=O) groups excluding carboxylic acids is 1. The van der Waals surface area contributed by atoms with Crippen LogP contribution in [0, 0.1) is 5.92 Å². The summed E-state index contributed by atoms with van der Waals surface area (Å²) in [6, 6.07) is 0. The smallest absolute Gasteiger partial charge is 0.280 e. The van der Waals surface area contributed by atoms with Crippen LogP contribution in [-0.2, 0) is 9.53 Å². The maximum Gasteiger partial charge on any atom is 0.280 e. The molecule has 1 aliphatic heterocycles. The minimum atomic E-state index is -1.34. The van der Waals surface area contributed by atoms with E-state index in [1.54, 1.807) is 13.8 Å². The van der Waals surface area contributed by atoms with E-state index in [-0.39, 0.29) is 28.9 Å². The van der Waals surface area contributed by atoms with Crippen molar-refractivity contribution in [2.24, 2.45) is 5.92 Å². The molecule has 2 aromatic rings. The van der Waals surface area contributed by atoms with Crippen LogP contribution in [0.4, 0.5) is 5.95 Å². The topological polar surface area (TPSA) is 163 Å². The molecule has 25 heavy (non-hydrogen) atoms. The van der Waals surface area contributed by atoms with Gasteiger partial charge in [-0.3, -0.25) is 24.5 Å². The molecule has 11 nitrogen and oxygen atoms in total. The average Bonchev–Trinajstić information content (AvgIpc) is 3.10. The molecule has 0 spiro atoms. The van der Waals surface area contributed by atoms with Gasteiger partial charge in [-0.2, -0.15) is 4.98 Å². The third-order valence-corrected chi connectivity index (χ3v) is 3.99. The summed E-state index contributed by atoms with van der Waals surface area (Å²) in [4.78, 5) is 34.4. The third kappa shape index (κ3) is 3.02. The number of rotatable bonds is 4. The van der Waals surface area contributed by atoms with E-state index < -0.39 is 36.7 Å². The lowest BCUT2D eigenvalue weighted by Gasteiger charge is -2.16. The van der Waals surface area contributed by atoms with E-state index in [1.165, 1.54) is 10.9 Å². The third-order valence-electron chi connectivity index (χ3n) is 3.99. The normalized spacial score (nSPS) is 26.5. The van der Waals surface area contributed by atoms with Crippen LogP contribution in [0.1, 0.15) is 20.1 Å². The van der Waals surface area contributed by atoms with Gasteiger partial charge in [0.1, 0.15) is 18.3 Å². The van der Waals surface area contributed by atoms with Crippen LogP contribution >= 0.6 is 0 Å². The van der Waals surface area contributed by atoms with E-state index in [2.05, 4.69) is 20.3 Å². The number of aromatic nitrogens is 4. The summed E-state index contributed by atoms with van der Waals surface area (Å²) in [6.07, 6.45) is -3.46. The Morgan fingerprint density at radius 1 is 1.44 bits per heavy atom. The number of nitrogens with one attached hydrogen (secondary N) is 2. The van der Waals surface area contributed by atoms with Crippen molar-refractivity contribution in [2.75, 3.05) is 11.9 Å². The summed E-state index contributed by atoms with van der Waals surface area (Å²) in [6.45, 7) is 2.90. The quantitative estimate of drug-likeness (QED) is 0.435. The fraction of sp³-hybridized carbons (Fsp3) is 0.571. The minimum Gasteiger partial charge on any atom is -0.394 e. The highest BCUT2D eigenvalue weighted by Crippen LogP contribution is 2.30.